The van der Waals surface area contributed by atoms with Crippen LogP contribution >= 0.6 is 0 Å². The lowest BCUT2D eigenvalue weighted by Gasteiger charge is -2.31. The van der Waals surface area contributed by atoms with Crippen LogP contribution in [0.15, 0.2) is 42.5 Å². The number of ether oxygens (including phenoxy) is 1. The first kappa shape index (κ1) is 25.0. The van der Waals surface area contributed by atoms with Crippen LogP contribution in [0.3, 0.4) is 0 Å². The van der Waals surface area contributed by atoms with E-state index in [0.29, 0.717) is 17.7 Å². The zero-order valence-corrected chi connectivity index (χ0v) is 21.4. The van der Waals surface area contributed by atoms with E-state index in [4.69, 9.17) is 16.2 Å². The summed E-state index contributed by atoms with van der Waals surface area (Å²) in [6, 6.07) is 13.8. The van der Waals surface area contributed by atoms with Gasteiger partial charge in [-0.15, -0.1) is 0 Å². The fraction of sp³-hybridized carbons (Fsp3) is 0.414. The minimum Gasteiger partial charge on any atom is -0.461 e. The molecule has 8 heteroatoms. The lowest BCUT2D eigenvalue weighted by atomic mass is 9.80. The number of anilines is 1. The first-order valence-corrected chi connectivity index (χ1v) is 12.9. The van der Waals surface area contributed by atoms with Gasteiger partial charge in [-0.05, 0) is 61.3 Å². The molecule has 0 bridgehead atoms. The van der Waals surface area contributed by atoms with Crippen molar-refractivity contribution >= 4 is 34.4 Å². The fourth-order valence-electron chi connectivity index (χ4n) is 5.88. The molecule has 0 saturated heterocycles. The summed E-state index contributed by atoms with van der Waals surface area (Å²) in [7, 11) is 0. The molecular weight excluding hydrogens is 468 g/mol. The highest BCUT2D eigenvalue weighted by molar-refractivity contribution is 6.06. The normalized spacial score (nSPS) is 20.9. The van der Waals surface area contributed by atoms with E-state index in [1.807, 2.05) is 34.9 Å². The van der Waals surface area contributed by atoms with Crippen LogP contribution < -0.4 is 16.8 Å². The van der Waals surface area contributed by atoms with Crippen molar-refractivity contribution < 1.29 is 19.1 Å². The highest BCUT2D eigenvalue weighted by Crippen LogP contribution is 2.43. The SMILES string of the molecule is CC1(C)CC(=O)n2c(c(-c3ccc(C(N)=O)c(NC4CCC(OC(=O)CN)CC4)c3)c3ccccc32)C1. The molecule has 0 atom stereocenters. The lowest BCUT2D eigenvalue weighted by Crippen LogP contribution is -2.33. The molecule has 3 aromatic rings. The third-order valence-electron chi connectivity index (χ3n) is 7.57. The van der Waals surface area contributed by atoms with Crippen LogP contribution in [0.25, 0.3) is 22.0 Å². The zero-order chi connectivity index (χ0) is 26.3. The minimum absolute atomic E-state index is 0.105. The number of hydrogen-bond acceptors (Lipinski definition) is 6. The van der Waals surface area contributed by atoms with Gasteiger partial charge >= 0.3 is 5.97 Å². The van der Waals surface area contributed by atoms with Gasteiger partial charge in [0.15, 0.2) is 0 Å². The number of para-hydroxylation sites is 1. The van der Waals surface area contributed by atoms with E-state index in [9.17, 15) is 14.4 Å². The van der Waals surface area contributed by atoms with E-state index < -0.39 is 5.91 Å². The Morgan fingerprint density at radius 3 is 2.51 bits per heavy atom. The van der Waals surface area contributed by atoms with Gasteiger partial charge in [-0.25, -0.2) is 0 Å². The van der Waals surface area contributed by atoms with Crippen molar-refractivity contribution in [2.24, 2.45) is 16.9 Å². The third-order valence-corrected chi connectivity index (χ3v) is 7.57. The molecule has 5 N–H and O–H groups in total. The molecule has 1 aliphatic heterocycles. The van der Waals surface area contributed by atoms with Gasteiger partial charge in [0, 0.05) is 34.8 Å². The second-order valence-electron chi connectivity index (χ2n) is 11.0. The number of amides is 1. The van der Waals surface area contributed by atoms with E-state index in [0.717, 1.165) is 59.8 Å². The number of rotatable bonds is 6. The smallest absolute Gasteiger partial charge is 0.319 e. The lowest BCUT2D eigenvalue weighted by molar-refractivity contribution is -0.148. The van der Waals surface area contributed by atoms with Crippen LogP contribution in [-0.4, -0.2) is 41.0 Å². The number of nitrogens with two attached hydrogens (primary N) is 2. The Morgan fingerprint density at radius 2 is 1.81 bits per heavy atom. The molecule has 0 unspecified atom stereocenters. The molecule has 0 spiro atoms. The molecule has 5 rings (SSSR count). The Kier molecular flexibility index (Phi) is 6.54. The molecule has 194 valence electrons. The second kappa shape index (κ2) is 9.67. The molecule has 8 nitrogen and oxygen atoms in total. The van der Waals surface area contributed by atoms with Gasteiger partial charge in [0.25, 0.3) is 5.91 Å². The predicted molar refractivity (Wildman–Crippen MR) is 143 cm³/mol. The predicted octanol–water partition coefficient (Wildman–Crippen LogP) is 4.24. The summed E-state index contributed by atoms with van der Waals surface area (Å²) in [5.41, 5.74) is 15.9. The van der Waals surface area contributed by atoms with Crippen molar-refractivity contribution in [3.05, 3.63) is 53.7 Å². The van der Waals surface area contributed by atoms with Crippen LogP contribution in [0.2, 0.25) is 0 Å². The van der Waals surface area contributed by atoms with E-state index in [-0.39, 0.29) is 36.0 Å². The molecule has 1 aliphatic carbocycles. The summed E-state index contributed by atoms with van der Waals surface area (Å²) in [6.45, 7) is 4.13. The fourth-order valence-corrected chi connectivity index (χ4v) is 5.88. The van der Waals surface area contributed by atoms with Gasteiger partial charge < -0.3 is 21.5 Å². The summed E-state index contributed by atoms with van der Waals surface area (Å²) < 4.78 is 7.26. The van der Waals surface area contributed by atoms with Crippen molar-refractivity contribution in [2.45, 2.75) is 64.5 Å². The van der Waals surface area contributed by atoms with Gasteiger partial charge in [-0.1, -0.05) is 38.1 Å². The molecule has 1 amide bonds. The first-order valence-electron chi connectivity index (χ1n) is 12.9. The average Bonchev–Trinajstić information content (AvgIpc) is 3.18. The topological polar surface area (TPSA) is 129 Å². The molecule has 2 heterocycles. The van der Waals surface area contributed by atoms with E-state index in [1.54, 1.807) is 6.07 Å². The number of hydrogen-bond donors (Lipinski definition) is 3. The van der Waals surface area contributed by atoms with Crippen LogP contribution in [0.1, 0.15) is 66.8 Å². The number of fused-ring (bicyclic) bond motifs is 3. The highest BCUT2D eigenvalue weighted by atomic mass is 16.5. The molecule has 1 fully saturated rings. The van der Waals surface area contributed by atoms with Gasteiger partial charge in [0.1, 0.15) is 6.10 Å². The maximum absolute atomic E-state index is 13.2. The van der Waals surface area contributed by atoms with E-state index in [1.165, 1.54) is 0 Å². The summed E-state index contributed by atoms with van der Waals surface area (Å²) in [5.74, 6) is -0.780. The summed E-state index contributed by atoms with van der Waals surface area (Å²) >= 11 is 0. The summed E-state index contributed by atoms with van der Waals surface area (Å²) in [4.78, 5) is 37.0. The van der Waals surface area contributed by atoms with Crippen LogP contribution in [-0.2, 0) is 16.0 Å². The minimum atomic E-state index is -0.500. The average molecular weight is 503 g/mol. The number of esters is 1. The number of nitrogens with zero attached hydrogens (tertiary/aromatic N) is 1. The zero-order valence-electron chi connectivity index (χ0n) is 21.4. The van der Waals surface area contributed by atoms with Crippen LogP contribution in [0, 0.1) is 5.41 Å². The summed E-state index contributed by atoms with van der Waals surface area (Å²) in [5, 5.41) is 4.55. The van der Waals surface area contributed by atoms with Crippen molar-refractivity contribution in [1.29, 1.82) is 0 Å². The van der Waals surface area contributed by atoms with Gasteiger partial charge in [-0.3, -0.25) is 19.0 Å². The van der Waals surface area contributed by atoms with Crippen LogP contribution in [0.4, 0.5) is 5.69 Å². The number of nitrogens with one attached hydrogen (secondary N) is 1. The molecule has 2 aliphatic rings. The Balaban J connectivity index is 1.51. The Morgan fingerprint density at radius 1 is 1.08 bits per heavy atom. The quantitative estimate of drug-likeness (QED) is 0.432. The number of carbonyl (C=O) groups is 3. The van der Waals surface area contributed by atoms with Gasteiger partial charge in [0.05, 0.1) is 17.6 Å². The molecule has 0 radical (unpaired) electrons. The molecule has 1 aromatic heterocycles. The van der Waals surface area contributed by atoms with Crippen molar-refractivity contribution in [3.8, 4) is 11.1 Å². The number of carbonyl (C=O) groups excluding carboxylic acids is 3. The Labute approximate surface area is 216 Å². The molecule has 37 heavy (non-hydrogen) atoms. The molecule has 2 aromatic carbocycles. The standard InChI is InChI=1S/C29H34N4O4/c1-29(2)14-24-27(21-5-3-4-6-23(21)33(24)25(34)15-29)17-7-12-20(28(31)36)22(13-17)32-18-8-10-19(11-9-18)37-26(35)16-30/h3-7,12-13,18-19,32H,8-11,14-16,30H2,1-2H3,(H2,31,36). The highest BCUT2D eigenvalue weighted by Gasteiger charge is 2.35. The van der Waals surface area contributed by atoms with Crippen LogP contribution in [0.5, 0.6) is 0 Å². The van der Waals surface area contributed by atoms with Crippen molar-refractivity contribution in [3.63, 3.8) is 0 Å². The summed E-state index contributed by atoms with van der Waals surface area (Å²) in [6.07, 6.45) is 4.17. The van der Waals surface area contributed by atoms with Gasteiger partial charge in [-0.2, -0.15) is 0 Å². The van der Waals surface area contributed by atoms with Crippen molar-refractivity contribution in [1.82, 2.24) is 4.57 Å². The van der Waals surface area contributed by atoms with E-state index >= 15 is 0 Å². The Hall–Kier alpha value is -3.65. The van der Waals surface area contributed by atoms with Crippen molar-refractivity contribution in [2.75, 3.05) is 11.9 Å². The monoisotopic (exact) mass is 502 g/mol. The van der Waals surface area contributed by atoms with E-state index in [2.05, 4.69) is 25.2 Å². The second-order valence-corrected chi connectivity index (χ2v) is 11.0. The first-order chi connectivity index (χ1) is 17.7. The maximum atomic E-state index is 13.2. The maximum Gasteiger partial charge on any atom is 0.319 e. The largest absolute Gasteiger partial charge is 0.461 e. The Bertz CT molecular complexity index is 1380. The third kappa shape index (κ3) is 4.85. The number of primary amides is 1. The van der Waals surface area contributed by atoms with Gasteiger partial charge in [0.2, 0.25) is 5.91 Å². The molecular formula is C29H34N4O4. The molecule has 1 saturated carbocycles. The number of benzene rings is 2. The number of aromatic nitrogens is 1.